The summed E-state index contributed by atoms with van der Waals surface area (Å²) in [5.41, 5.74) is 0.821. The molecular weight excluding hydrogens is 244 g/mol. The van der Waals surface area contributed by atoms with Crippen LogP contribution in [-0.2, 0) is 11.3 Å². The lowest BCUT2D eigenvalue weighted by molar-refractivity contribution is -0.123. The Bertz CT molecular complexity index is 560. The van der Waals surface area contributed by atoms with Gasteiger partial charge in [0.25, 0.3) is 0 Å². The van der Waals surface area contributed by atoms with E-state index in [9.17, 15) is 9.90 Å². The van der Waals surface area contributed by atoms with E-state index in [-0.39, 0.29) is 11.9 Å². The van der Waals surface area contributed by atoms with Crippen LogP contribution in [0, 0.1) is 0 Å². The first-order valence-corrected chi connectivity index (χ1v) is 6.39. The molecule has 5 heteroatoms. The second-order valence-electron chi connectivity index (χ2n) is 4.82. The van der Waals surface area contributed by atoms with Gasteiger partial charge in [0.1, 0.15) is 11.3 Å². The van der Waals surface area contributed by atoms with E-state index in [4.69, 9.17) is 4.42 Å². The normalized spacial score (nSPS) is 22.8. The smallest absolute Gasteiger partial charge is 0.237 e. The highest BCUT2D eigenvalue weighted by Gasteiger charge is 2.27. The van der Waals surface area contributed by atoms with Gasteiger partial charge in [-0.05, 0) is 18.6 Å². The van der Waals surface area contributed by atoms with Gasteiger partial charge in [0.05, 0.1) is 18.7 Å². The number of furan rings is 1. The number of benzene rings is 1. The third kappa shape index (κ3) is 2.62. The van der Waals surface area contributed by atoms with Crippen LogP contribution in [0.3, 0.4) is 0 Å². The van der Waals surface area contributed by atoms with Gasteiger partial charge in [0.2, 0.25) is 5.91 Å². The van der Waals surface area contributed by atoms with E-state index < -0.39 is 6.10 Å². The van der Waals surface area contributed by atoms with Gasteiger partial charge in [-0.3, -0.25) is 4.79 Å². The lowest BCUT2D eigenvalue weighted by Crippen LogP contribution is -2.39. The van der Waals surface area contributed by atoms with E-state index in [0.29, 0.717) is 19.5 Å². The van der Waals surface area contributed by atoms with Crippen LogP contribution in [0.2, 0.25) is 0 Å². The maximum Gasteiger partial charge on any atom is 0.237 e. The molecule has 0 bridgehead atoms. The topological polar surface area (TPSA) is 74.5 Å². The van der Waals surface area contributed by atoms with Crippen molar-refractivity contribution in [3.8, 4) is 0 Å². The second-order valence-corrected chi connectivity index (χ2v) is 4.82. The zero-order valence-corrected chi connectivity index (χ0v) is 10.4. The lowest BCUT2D eigenvalue weighted by atomic mass is 10.2. The highest BCUT2D eigenvalue weighted by Crippen LogP contribution is 2.18. The first-order chi connectivity index (χ1) is 9.22. The molecule has 19 heavy (non-hydrogen) atoms. The molecule has 2 atom stereocenters. The molecule has 1 saturated heterocycles. The van der Waals surface area contributed by atoms with E-state index in [1.165, 1.54) is 0 Å². The molecule has 3 N–H and O–H groups in total. The summed E-state index contributed by atoms with van der Waals surface area (Å²) >= 11 is 0. The van der Waals surface area contributed by atoms with Gasteiger partial charge in [-0.1, -0.05) is 18.2 Å². The Morgan fingerprint density at radius 1 is 1.47 bits per heavy atom. The maximum absolute atomic E-state index is 11.9. The van der Waals surface area contributed by atoms with Crippen molar-refractivity contribution in [3.05, 3.63) is 36.1 Å². The van der Waals surface area contributed by atoms with Crippen LogP contribution in [0.5, 0.6) is 0 Å². The van der Waals surface area contributed by atoms with Gasteiger partial charge < -0.3 is 20.2 Å². The Balaban J connectivity index is 1.61. The molecule has 1 aliphatic heterocycles. The predicted octanol–water partition coefficient (Wildman–Crippen LogP) is 0.772. The number of rotatable bonds is 3. The number of carbonyl (C=O) groups is 1. The van der Waals surface area contributed by atoms with Crippen LogP contribution >= 0.6 is 0 Å². The average Bonchev–Trinajstić information content (AvgIpc) is 3.01. The SMILES string of the molecule is O=C(NCc1cc2ccccc2o1)[C@H]1C[C@@H](O)CN1. The number of carbonyl (C=O) groups excluding carboxylic acids is 1. The summed E-state index contributed by atoms with van der Waals surface area (Å²) in [6.07, 6.45) is 0.0355. The molecule has 3 rings (SSSR count). The van der Waals surface area contributed by atoms with Gasteiger partial charge in [0, 0.05) is 11.9 Å². The molecule has 0 aliphatic carbocycles. The van der Waals surface area contributed by atoms with Crippen molar-refractivity contribution >= 4 is 16.9 Å². The Labute approximate surface area is 110 Å². The second kappa shape index (κ2) is 5.03. The number of para-hydroxylation sites is 1. The minimum absolute atomic E-state index is 0.1000. The summed E-state index contributed by atoms with van der Waals surface area (Å²) in [6, 6.07) is 9.35. The van der Waals surface area contributed by atoms with E-state index in [0.717, 1.165) is 16.7 Å². The number of hydrogen-bond acceptors (Lipinski definition) is 4. The summed E-state index contributed by atoms with van der Waals surface area (Å²) < 4.78 is 5.62. The van der Waals surface area contributed by atoms with Crippen LogP contribution in [0.1, 0.15) is 12.2 Å². The van der Waals surface area contributed by atoms with Crippen molar-refractivity contribution in [3.63, 3.8) is 0 Å². The molecule has 0 radical (unpaired) electrons. The Morgan fingerprint density at radius 3 is 3.05 bits per heavy atom. The van der Waals surface area contributed by atoms with Gasteiger partial charge in [-0.2, -0.15) is 0 Å². The highest BCUT2D eigenvalue weighted by atomic mass is 16.3. The standard InChI is InChI=1S/C14H16N2O3/c17-10-6-12(15-7-10)14(18)16-8-11-5-9-3-1-2-4-13(9)19-11/h1-5,10,12,15,17H,6-8H2,(H,16,18)/t10-,12-/m1/s1. The third-order valence-corrected chi connectivity index (χ3v) is 3.34. The fourth-order valence-electron chi connectivity index (χ4n) is 2.34. The number of β-amino-alcohol motifs (C(OH)–C–C–N with tert-alkyl or cyclic N) is 1. The van der Waals surface area contributed by atoms with Crippen molar-refractivity contribution in [1.82, 2.24) is 10.6 Å². The molecule has 1 fully saturated rings. The van der Waals surface area contributed by atoms with Crippen molar-refractivity contribution < 1.29 is 14.3 Å². The largest absolute Gasteiger partial charge is 0.459 e. The minimum Gasteiger partial charge on any atom is -0.459 e. The molecule has 1 aliphatic rings. The quantitative estimate of drug-likeness (QED) is 0.762. The van der Waals surface area contributed by atoms with E-state index in [2.05, 4.69) is 10.6 Å². The monoisotopic (exact) mass is 260 g/mol. The van der Waals surface area contributed by atoms with Crippen molar-refractivity contribution in [2.75, 3.05) is 6.54 Å². The molecular formula is C14H16N2O3. The van der Waals surface area contributed by atoms with Crippen LogP contribution in [-0.4, -0.2) is 29.7 Å². The first kappa shape index (κ1) is 12.2. The van der Waals surface area contributed by atoms with Gasteiger partial charge >= 0.3 is 0 Å². The predicted molar refractivity (Wildman–Crippen MR) is 70.5 cm³/mol. The zero-order valence-electron chi connectivity index (χ0n) is 10.4. The van der Waals surface area contributed by atoms with Gasteiger partial charge in [-0.15, -0.1) is 0 Å². The van der Waals surface area contributed by atoms with E-state index in [1.54, 1.807) is 0 Å². The summed E-state index contributed by atoms with van der Waals surface area (Å²) in [5.74, 6) is 0.630. The fraction of sp³-hybridized carbons (Fsp3) is 0.357. The van der Waals surface area contributed by atoms with Crippen LogP contribution in [0.4, 0.5) is 0 Å². The molecule has 1 aromatic carbocycles. The minimum atomic E-state index is -0.429. The number of fused-ring (bicyclic) bond motifs is 1. The van der Waals surface area contributed by atoms with Crippen LogP contribution in [0.25, 0.3) is 11.0 Å². The fourth-order valence-corrected chi connectivity index (χ4v) is 2.34. The number of aliphatic hydroxyl groups is 1. The number of amides is 1. The van der Waals surface area contributed by atoms with Crippen molar-refractivity contribution in [1.29, 1.82) is 0 Å². The van der Waals surface area contributed by atoms with Crippen LogP contribution in [0.15, 0.2) is 34.7 Å². The molecule has 0 spiro atoms. The van der Waals surface area contributed by atoms with Gasteiger partial charge in [-0.25, -0.2) is 0 Å². The Morgan fingerprint density at radius 2 is 2.32 bits per heavy atom. The first-order valence-electron chi connectivity index (χ1n) is 6.39. The molecule has 2 heterocycles. The average molecular weight is 260 g/mol. The Hall–Kier alpha value is -1.85. The molecule has 0 saturated carbocycles. The zero-order chi connectivity index (χ0) is 13.2. The molecule has 1 aromatic heterocycles. The lowest BCUT2D eigenvalue weighted by Gasteiger charge is -2.09. The van der Waals surface area contributed by atoms with Crippen molar-refractivity contribution in [2.24, 2.45) is 0 Å². The van der Waals surface area contributed by atoms with Crippen molar-refractivity contribution in [2.45, 2.75) is 25.1 Å². The maximum atomic E-state index is 11.9. The molecule has 1 amide bonds. The molecule has 2 aromatic rings. The summed E-state index contributed by atoms with van der Waals surface area (Å²) in [7, 11) is 0. The summed E-state index contributed by atoms with van der Waals surface area (Å²) in [4.78, 5) is 11.9. The molecule has 5 nitrogen and oxygen atoms in total. The van der Waals surface area contributed by atoms with E-state index >= 15 is 0 Å². The summed E-state index contributed by atoms with van der Waals surface area (Å²) in [5, 5.41) is 16.2. The number of aliphatic hydroxyl groups excluding tert-OH is 1. The summed E-state index contributed by atoms with van der Waals surface area (Å²) in [6.45, 7) is 0.838. The molecule has 100 valence electrons. The number of nitrogens with one attached hydrogen (secondary N) is 2. The highest BCUT2D eigenvalue weighted by molar-refractivity contribution is 5.82. The molecule has 0 unspecified atom stereocenters. The van der Waals surface area contributed by atoms with E-state index in [1.807, 2.05) is 30.3 Å². The number of hydrogen-bond donors (Lipinski definition) is 3. The van der Waals surface area contributed by atoms with Gasteiger partial charge in [0.15, 0.2) is 0 Å². The third-order valence-electron chi connectivity index (χ3n) is 3.34. The van der Waals surface area contributed by atoms with Crippen LogP contribution < -0.4 is 10.6 Å². The Kier molecular flexibility index (Phi) is 3.23.